The van der Waals surface area contributed by atoms with Gasteiger partial charge in [0.2, 0.25) is 0 Å². The van der Waals surface area contributed by atoms with Gasteiger partial charge in [-0.15, -0.1) is 0 Å². The third-order valence-corrected chi connectivity index (χ3v) is 6.75. The van der Waals surface area contributed by atoms with Crippen LogP contribution in [0.5, 0.6) is 0 Å². The second-order valence-corrected chi connectivity index (χ2v) is 7.87. The molecule has 0 amide bonds. The van der Waals surface area contributed by atoms with Crippen LogP contribution in [0, 0.1) is 0 Å². The van der Waals surface area contributed by atoms with Crippen LogP contribution >= 0.6 is 0 Å². The normalized spacial score (nSPS) is 26.3. The number of rotatable bonds is 4. The molecule has 22 heavy (non-hydrogen) atoms. The summed E-state index contributed by atoms with van der Waals surface area (Å²) in [4.78, 5) is 0. The van der Waals surface area contributed by atoms with E-state index in [1.54, 1.807) is 14.2 Å². The molecule has 0 radical (unpaired) electrons. The first kappa shape index (κ1) is 15.9. The Bertz CT molecular complexity index is 655. The van der Waals surface area contributed by atoms with E-state index in [1.807, 2.05) is 0 Å². The molecule has 1 aromatic heterocycles. The molecule has 8 heteroatoms. The van der Waals surface area contributed by atoms with Gasteiger partial charge >= 0.3 is 0 Å². The highest BCUT2D eigenvalue weighted by molar-refractivity contribution is 7.89. The van der Waals surface area contributed by atoms with Crippen molar-refractivity contribution in [3.05, 3.63) is 11.3 Å². The van der Waals surface area contributed by atoms with Crippen LogP contribution in [0.4, 0.5) is 0 Å². The molecule has 0 saturated carbocycles. The number of aliphatic hydroxyl groups excluding tert-OH is 1. The van der Waals surface area contributed by atoms with E-state index in [1.165, 1.54) is 8.99 Å². The van der Waals surface area contributed by atoms with Crippen molar-refractivity contribution in [2.24, 2.45) is 7.05 Å². The minimum atomic E-state index is -3.68. The number of hydrogen-bond acceptors (Lipinski definition) is 5. The van der Waals surface area contributed by atoms with E-state index in [2.05, 4.69) is 5.10 Å². The maximum absolute atomic E-state index is 13.1. The summed E-state index contributed by atoms with van der Waals surface area (Å²) in [6, 6.07) is -0.427. The number of aryl methyl sites for hydroxylation is 2. The monoisotopic (exact) mass is 329 g/mol. The van der Waals surface area contributed by atoms with Gasteiger partial charge in [-0.2, -0.15) is 9.40 Å². The van der Waals surface area contributed by atoms with E-state index < -0.39 is 16.1 Å². The van der Waals surface area contributed by atoms with Crippen molar-refractivity contribution in [3.8, 4) is 0 Å². The zero-order valence-corrected chi connectivity index (χ0v) is 13.8. The molecule has 7 nitrogen and oxygen atoms in total. The zero-order chi connectivity index (χ0) is 15.9. The van der Waals surface area contributed by atoms with Gasteiger partial charge in [-0.1, -0.05) is 0 Å². The first-order chi connectivity index (χ1) is 10.5. The van der Waals surface area contributed by atoms with Crippen LogP contribution in [-0.2, 0) is 34.6 Å². The number of ether oxygens (including phenoxy) is 1. The van der Waals surface area contributed by atoms with Crippen molar-refractivity contribution >= 4 is 10.0 Å². The summed E-state index contributed by atoms with van der Waals surface area (Å²) in [5, 5.41) is 14.2. The van der Waals surface area contributed by atoms with E-state index in [9.17, 15) is 13.5 Å². The highest BCUT2D eigenvalue weighted by atomic mass is 32.2. The van der Waals surface area contributed by atoms with Crippen molar-refractivity contribution in [2.75, 3.05) is 20.3 Å². The third kappa shape index (κ3) is 2.47. The molecule has 2 atom stereocenters. The highest BCUT2D eigenvalue weighted by Gasteiger charge is 2.43. The van der Waals surface area contributed by atoms with Gasteiger partial charge in [0.05, 0.1) is 24.4 Å². The number of methoxy groups -OCH3 is 1. The highest BCUT2D eigenvalue weighted by Crippen LogP contribution is 2.32. The second-order valence-electron chi connectivity index (χ2n) is 6.07. The Hall–Kier alpha value is -0.960. The predicted octanol–water partition coefficient (Wildman–Crippen LogP) is 0.0692. The molecule has 1 aromatic rings. The molecule has 1 saturated heterocycles. The largest absolute Gasteiger partial charge is 0.395 e. The molecule has 3 rings (SSSR count). The van der Waals surface area contributed by atoms with Crippen molar-refractivity contribution in [1.29, 1.82) is 0 Å². The summed E-state index contributed by atoms with van der Waals surface area (Å²) in [5.41, 5.74) is 1.75. The molecule has 1 aliphatic carbocycles. The molecule has 1 fully saturated rings. The van der Waals surface area contributed by atoms with Gasteiger partial charge in [0, 0.05) is 26.3 Å². The number of fused-ring (bicyclic) bond motifs is 1. The fourth-order valence-electron chi connectivity index (χ4n) is 3.56. The number of aromatic nitrogens is 2. The Morgan fingerprint density at radius 2 is 2.09 bits per heavy atom. The van der Waals surface area contributed by atoms with Gasteiger partial charge in [-0.05, 0) is 32.1 Å². The first-order valence-corrected chi connectivity index (χ1v) is 9.13. The topological polar surface area (TPSA) is 84.7 Å². The van der Waals surface area contributed by atoms with Crippen LogP contribution in [0.15, 0.2) is 5.03 Å². The predicted molar refractivity (Wildman–Crippen MR) is 80.0 cm³/mol. The van der Waals surface area contributed by atoms with Gasteiger partial charge in [0.25, 0.3) is 10.0 Å². The maximum atomic E-state index is 13.1. The zero-order valence-electron chi connectivity index (χ0n) is 13.0. The molecular weight excluding hydrogens is 306 g/mol. The number of nitrogens with zero attached hydrogens (tertiary/aromatic N) is 3. The summed E-state index contributed by atoms with van der Waals surface area (Å²) in [6.07, 6.45) is 3.98. The lowest BCUT2D eigenvalue weighted by atomic mass is 9.99. The molecule has 1 N–H and O–H groups in total. The molecule has 0 aromatic carbocycles. The summed E-state index contributed by atoms with van der Waals surface area (Å²) in [5.74, 6) is 0. The van der Waals surface area contributed by atoms with Crippen LogP contribution in [-0.4, -0.2) is 60.0 Å². The first-order valence-electron chi connectivity index (χ1n) is 7.69. The SMILES string of the molecule is CO[C@@H]1C[C@@H](CO)N(S(=O)(=O)c2c3c(nn2C)CCCC3)C1. The Morgan fingerprint density at radius 1 is 1.36 bits per heavy atom. The molecule has 0 bridgehead atoms. The van der Waals surface area contributed by atoms with Crippen LogP contribution in [0.2, 0.25) is 0 Å². The van der Waals surface area contributed by atoms with Crippen molar-refractivity contribution in [3.63, 3.8) is 0 Å². The molecule has 0 spiro atoms. The van der Waals surface area contributed by atoms with Crippen LogP contribution in [0.25, 0.3) is 0 Å². The fourth-order valence-corrected chi connectivity index (χ4v) is 5.60. The summed E-state index contributed by atoms with van der Waals surface area (Å²) < 4.78 is 34.4. The Kier molecular flexibility index (Phi) is 4.28. The average Bonchev–Trinajstić information content (AvgIpc) is 3.07. The lowest BCUT2D eigenvalue weighted by Crippen LogP contribution is -2.39. The number of hydrogen-bond donors (Lipinski definition) is 1. The minimum absolute atomic E-state index is 0.170. The van der Waals surface area contributed by atoms with Crippen LogP contribution < -0.4 is 0 Å². The van der Waals surface area contributed by atoms with E-state index in [0.29, 0.717) is 6.42 Å². The molecule has 2 aliphatic rings. The van der Waals surface area contributed by atoms with E-state index in [4.69, 9.17) is 4.74 Å². The lowest BCUT2D eigenvalue weighted by Gasteiger charge is -2.23. The summed E-state index contributed by atoms with van der Waals surface area (Å²) in [6.45, 7) is 0.0865. The van der Waals surface area contributed by atoms with Gasteiger partial charge in [-0.25, -0.2) is 8.42 Å². The third-order valence-electron chi connectivity index (χ3n) is 4.68. The summed E-state index contributed by atoms with van der Waals surface area (Å²) >= 11 is 0. The van der Waals surface area contributed by atoms with Crippen LogP contribution in [0.1, 0.15) is 30.5 Å². The van der Waals surface area contributed by atoms with E-state index in [0.717, 1.165) is 36.9 Å². The maximum Gasteiger partial charge on any atom is 0.260 e. The van der Waals surface area contributed by atoms with Crippen molar-refractivity contribution in [2.45, 2.75) is 49.3 Å². The van der Waals surface area contributed by atoms with Gasteiger partial charge in [-0.3, -0.25) is 4.68 Å². The average molecular weight is 329 g/mol. The molecule has 2 heterocycles. The summed E-state index contributed by atoms with van der Waals surface area (Å²) in [7, 11) is -0.424. The van der Waals surface area contributed by atoms with Gasteiger partial charge < -0.3 is 9.84 Å². The molecule has 0 unspecified atom stereocenters. The lowest BCUT2D eigenvalue weighted by molar-refractivity contribution is 0.113. The van der Waals surface area contributed by atoms with Crippen LogP contribution in [0.3, 0.4) is 0 Å². The fraction of sp³-hybridized carbons (Fsp3) is 0.786. The quantitative estimate of drug-likeness (QED) is 0.845. The Balaban J connectivity index is 2.01. The molecular formula is C14H23N3O4S. The second kappa shape index (κ2) is 5.92. The molecule has 1 aliphatic heterocycles. The van der Waals surface area contributed by atoms with Crippen molar-refractivity contribution < 1.29 is 18.3 Å². The van der Waals surface area contributed by atoms with E-state index >= 15 is 0 Å². The minimum Gasteiger partial charge on any atom is -0.395 e. The molecule has 124 valence electrons. The van der Waals surface area contributed by atoms with Gasteiger partial charge in [0.1, 0.15) is 0 Å². The van der Waals surface area contributed by atoms with Crippen molar-refractivity contribution in [1.82, 2.24) is 14.1 Å². The Labute approximate surface area is 130 Å². The smallest absolute Gasteiger partial charge is 0.260 e. The standard InChI is InChI=1S/C14H23N3O4S/c1-16-14(12-5-3-4-6-13(12)15-16)22(19,20)17-8-11(21-2)7-10(17)9-18/h10-11,18H,3-9H2,1-2H3/t10-,11+/m0/s1. The Morgan fingerprint density at radius 3 is 2.77 bits per heavy atom. The van der Waals surface area contributed by atoms with E-state index in [-0.39, 0.29) is 24.3 Å². The van der Waals surface area contributed by atoms with Gasteiger partial charge in [0.15, 0.2) is 5.03 Å². The number of sulfonamides is 1. The number of aliphatic hydroxyl groups is 1.